The third kappa shape index (κ3) is 2.40. The molecule has 1 aromatic heterocycles. The normalized spacial score (nSPS) is 16.3. The fraction of sp³-hybridized carbons (Fsp3) is 0.294. The number of rotatable bonds is 5. The second-order valence-electron chi connectivity index (χ2n) is 6.41. The first kappa shape index (κ1) is 15.7. The van der Waals surface area contributed by atoms with E-state index in [4.69, 9.17) is 0 Å². The molecule has 8 heteroatoms. The molecule has 4 rings (SSSR count). The molecule has 130 valence electrons. The highest BCUT2D eigenvalue weighted by Crippen LogP contribution is 2.57. The van der Waals surface area contributed by atoms with Gasteiger partial charge in [0.1, 0.15) is 11.4 Å². The highest BCUT2D eigenvalue weighted by molar-refractivity contribution is 5.95. The zero-order valence-electron chi connectivity index (χ0n) is 13.0. The van der Waals surface area contributed by atoms with Crippen molar-refractivity contribution in [2.75, 3.05) is 17.2 Å². The number of hydrogen-bond donors (Lipinski definition) is 3. The minimum Gasteiger partial charge on any atom is -0.379 e. The highest BCUT2D eigenvalue weighted by atomic mass is 19.4. The molecule has 3 aromatic rings. The molecule has 0 atom stereocenters. The fourth-order valence-corrected chi connectivity index (χ4v) is 2.96. The number of nitrogens with one attached hydrogen (secondary N) is 3. The molecule has 1 aliphatic carbocycles. The second-order valence-corrected chi connectivity index (χ2v) is 6.41. The first-order chi connectivity index (χ1) is 11.8. The molecule has 2 aromatic carbocycles. The Bertz CT molecular complexity index is 1020. The number of fused-ring (bicyclic) bond motifs is 1. The van der Waals surface area contributed by atoms with E-state index in [1.165, 1.54) is 0 Å². The van der Waals surface area contributed by atoms with Crippen LogP contribution in [0.4, 0.5) is 30.2 Å². The summed E-state index contributed by atoms with van der Waals surface area (Å²) in [6.07, 6.45) is -2.61. The number of alkyl halides is 3. The summed E-state index contributed by atoms with van der Waals surface area (Å²) >= 11 is 0. The molecule has 0 saturated heterocycles. The van der Waals surface area contributed by atoms with Crippen LogP contribution < -0.4 is 21.5 Å². The quantitative estimate of drug-likeness (QED) is 0.618. The average Bonchev–Trinajstić information content (AvgIpc) is 3.28. The number of hydrogen-bond acceptors (Lipinski definition) is 4. The minimum atomic E-state index is -4.32. The van der Waals surface area contributed by atoms with Crippen molar-refractivity contribution in [2.45, 2.75) is 19.0 Å². The number of anilines is 3. The summed E-state index contributed by atoms with van der Waals surface area (Å²) in [5.41, 5.74) is -1.96. The Labute approximate surface area is 139 Å². The minimum absolute atomic E-state index is 0.00716. The zero-order valence-corrected chi connectivity index (χ0v) is 13.0. The Morgan fingerprint density at radius 2 is 1.76 bits per heavy atom. The maximum absolute atomic E-state index is 13.0. The first-order valence-corrected chi connectivity index (χ1v) is 7.79. The lowest BCUT2D eigenvalue weighted by molar-refractivity contribution is -0.182. The molecule has 25 heavy (non-hydrogen) atoms. The standard InChI is InChI=1S/C17H14F3N3O2/c18-17(19,20)16(5-6-16)8-22-12-13(15(25)14(12)24)23-11-7-21-10-4-2-1-3-9(10)11/h1-4,7,21-23H,5-6,8H2. The lowest BCUT2D eigenvalue weighted by atomic mass is 10.1. The summed E-state index contributed by atoms with van der Waals surface area (Å²) in [5.74, 6) is 0. The molecule has 3 N–H and O–H groups in total. The Kier molecular flexibility index (Phi) is 3.22. The maximum Gasteiger partial charge on any atom is 0.396 e. The van der Waals surface area contributed by atoms with Crippen LogP contribution in [-0.4, -0.2) is 17.7 Å². The van der Waals surface area contributed by atoms with Crippen molar-refractivity contribution in [2.24, 2.45) is 5.41 Å². The van der Waals surface area contributed by atoms with Gasteiger partial charge in [-0.05, 0) is 18.9 Å². The van der Waals surface area contributed by atoms with Crippen LogP contribution in [0, 0.1) is 5.41 Å². The summed E-state index contributed by atoms with van der Waals surface area (Å²) in [7, 11) is 0. The van der Waals surface area contributed by atoms with Gasteiger partial charge >= 0.3 is 6.18 Å². The second kappa shape index (κ2) is 5.11. The van der Waals surface area contributed by atoms with Crippen LogP contribution in [-0.2, 0) is 0 Å². The van der Waals surface area contributed by atoms with Crippen LogP contribution in [0.5, 0.6) is 0 Å². The Morgan fingerprint density at radius 1 is 1.08 bits per heavy atom. The first-order valence-electron chi connectivity index (χ1n) is 7.79. The van der Waals surface area contributed by atoms with Gasteiger partial charge in [-0.1, -0.05) is 18.2 Å². The van der Waals surface area contributed by atoms with Crippen molar-refractivity contribution in [3.63, 3.8) is 0 Å². The number of halogens is 3. The van der Waals surface area contributed by atoms with E-state index >= 15 is 0 Å². The summed E-state index contributed by atoms with van der Waals surface area (Å²) in [6, 6.07) is 7.35. The average molecular weight is 349 g/mol. The third-order valence-electron chi connectivity index (χ3n) is 4.82. The van der Waals surface area contributed by atoms with Crippen molar-refractivity contribution in [1.29, 1.82) is 0 Å². The molecule has 5 nitrogen and oxygen atoms in total. The van der Waals surface area contributed by atoms with E-state index in [1.807, 2.05) is 24.3 Å². The largest absolute Gasteiger partial charge is 0.396 e. The molecule has 0 radical (unpaired) electrons. The van der Waals surface area contributed by atoms with Gasteiger partial charge in [-0.2, -0.15) is 13.2 Å². The number of aromatic nitrogens is 1. The molecule has 0 unspecified atom stereocenters. The van der Waals surface area contributed by atoms with E-state index in [9.17, 15) is 22.8 Å². The van der Waals surface area contributed by atoms with Crippen LogP contribution in [0.25, 0.3) is 10.9 Å². The molecule has 0 aliphatic heterocycles. The molecular formula is C17H14F3N3O2. The van der Waals surface area contributed by atoms with Crippen LogP contribution >= 0.6 is 0 Å². The van der Waals surface area contributed by atoms with Crippen molar-refractivity contribution in [1.82, 2.24) is 4.98 Å². The molecular weight excluding hydrogens is 335 g/mol. The van der Waals surface area contributed by atoms with Crippen LogP contribution in [0.3, 0.4) is 0 Å². The van der Waals surface area contributed by atoms with Gasteiger partial charge in [0, 0.05) is 23.6 Å². The summed E-state index contributed by atoms with van der Waals surface area (Å²) < 4.78 is 39.0. The van der Waals surface area contributed by atoms with Gasteiger partial charge in [0.25, 0.3) is 10.9 Å². The monoisotopic (exact) mass is 349 g/mol. The highest BCUT2D eigenvalue weighted by Gasteiger charge is 2.63. The van der Waals surface area contributed by atoms with Gasteiger partial charge in [0.15, 0.2) is 0 Å². The molecule has 1 aliphatic rings. The lowest BCUT2D eigenvalue weighted by Gasteiger charge is -2.21. The van der Waals surface area contributed by atoms with Crippen LogP contribution in [0.15, 0.2) is 40.1 Å². The van der Waals surface area contributed by atoms with Crippen molar-refractivity contribution in [3.05, 3.63) is 50.9 Å². The molecule has 0 amide bonds. The molecule has 1 saturated carbocycles. The summed E-state index contributed by atoms with van der Waals surface area (Å²) in [5, 5.41) is 6.21. The van der Waals surface area contributed by atoms with E-state index in [2.05, 4.69) is 15.6 Å². The van der Waals surface area contributed by atoms with Crippen molar-refractivity contribution >= 4 is 28.0 Å². The topological polar surface area (TPSA) is 74.0 Å². The molecule has 0 spiro atoms. The van der Waals surface area contributed by atoms with E-state index in [1.54, 1.807) is 6.20 Å². The smallest absolute Gasteiger partial charge is 0.379 e. The Balaban J connectivity index is 1.57. The van der Waals surface area contributed by atoms with E-state index in [0.29, 0.717) is 5.69 Å². The Hall–Kier alpha value is -2.77. The third-order valence-corrected chi connectivity index (χ3v) is 4.82. The van der Waals surface area contributed by atoms with Gasteiger partial charge in [-0.3, -0.25) is 9.59 Å². The van der Waals surface area contributed by atoms with Gasteiger partial charge in [0.2, 0.25) is 0 Å². The van der Waals surface area contributed by atoms with Crippen LogP contribution in [0.2, 0.25) is 0 Å². The molecule has 1 fully saturated rings. The van der Waals surface area contributed by atoms with Gasteiger partial charge < -0.3 is 15.6 Å². The predicted octanol–water partition coefficient (Wildman–Crippen LogP) is 3.26. The lowest BCUT2D eigenvalue weighted by Crippen LogP contribution is -2.39. The van der Waals surface area contributed by atoms with E-state index < -0.39 is 29.0 Å². The Morgan fingerprint density at radius 3 is 2.44 bits per heavy atom. The summed E-state index contributed by atoms with van der Waals surface area (Å²) in [4.78, 5) is 26.6. The number of H-pyrrole nitrogens is 1. The number of para-hydroxylation sites is 1. The van der Waals surface area contributed by atoms with E-state index in [0.717, 1.165) is 10.9 Å². The van der Waals surface area contributed by atoms with Gasteiger partial charge in [-0.15, -0.1) is 0 Å². The number of benzene rings is 1. The van der Waals surface area contributed by atoms with Gasteiger partial charge in [0.05, 0.1) is 11.1 Å². The molecule has 0 bridgehead atoms. The van der Waals surface area contributed by atoms with Gasteiger partial charge in [-0.25, -0.2) is 0 Å². The van der Waals surface area contributed by atoms with Crippen LogP contribution in [0.1, 0.15) is 12.8 Å². The maximum atomic E-state index is 13.0. The van der Waals surface area contributed by atoms with E-state index in [-0.39, 0.29) is 24.2 Å². The SMILES string of the molecule is O=c1c(NCC2(C(F)(F)F)CC2)c(Nc2c[nH]c3ccccc23)c1=O. The number of aromatic amines is 1. The zero-order chi connectivity index (χ0) is 17.8. The predicted molar refractivity (Wildman–Crippen MR) is 89.1 cm³/mol. The van der Waals surface area contributed by atoms with Crippen molar-refractivity contribution < 1.29 is 13.2 Å². The van der Waals surface area contributed by atoms with Crippen molar-refractivity contribution in [3.8, 4) is 0 Å². The fourth-order valence-electron chi connectivity index (χ4n) is 2.96. The summed E-state index contributed by atoms with van der Waals surface area (Å²) in [6.45, 7) is -0.399. The molecule has 1 heterocycles.